The molecule has 1 N–H and O–H groups in total. The van der Waals surface area contributed by atoms with E-state index in [0.29, 0.717) is 11.4 Å². The fourth-order valence-electron chi connectivity index (χ4n) is 1.25. The molecule has 1 nitrogen and oxygen atoms in total. The quantitative estimate of drug-likeness (QED) is 0.506. The van der Waals surface area contributed by atoms with Gasteiger partial charge in [0.1, 0.15) is 0 Å². The second-order valence-electron chi connectivity index (χ2n) is 3.31. The Morgan fingerprint density at radius 2 is 1.75 bits per heavy atom. The predicted octanol–water partition coefficient (Wildman–Crippen LogP) is 3.49. The normalized spacial score (nSPS) is 13.2. The summed E-state index contributed by atoms with van der Waals surface area (Å²) in [4.78, 5) is 0.626. The number of aliphatic hydroxyl groups is 1. The van der Waals surface area contributed by atoms with Crippen molar-refractivity contribution in [3.63, 3.8) is 0 Å². The van der Waals surface area contributed by atoms with E-state index in [-0.39, 0.29) is 0 Å². The summed E-state index contributed by atoms with van der Waals surface area (Å²) in [6.07, 6.45) is 8.67. The van der Waals surface area contributed by atoms with Crippen LogP contribution in [0.4, 0.5) is 0 Å². The standard InChI is InChI=1S/C10H21BrO/c1-2-3-4-5-7-10(11)8-6-9-12/h10,12H,2-9H2,1H3. The van der Waals surface area contributed by atoms with Gasteiger partial charge < -0.3 is 5.11 Å². The molecule has 0 bridgehead atoms. The summed E-state index contributed by atoms with van der Waals surface area (Å²) in [6.45, 7) is 2.56. The van der Waals surface area contributed by atoms with Gasteiger partial charge in [0.05, 0.1) is 0 Å². The van der Waals surface area contributed by atoms with Gasteiger partial charge in [0.25, 0.3) is 0 Å². The zero-order chi connectivity index (χ0) is 9.23. The third-order valence-electron chi connectivity index (χ3n) is 2.05. The average molecular weight is 237 g/mol. The van der Waals surface area contributed by atoms with Crippen molar-refractivity contribution in [2.45, 2.75) is 56.7 Å². The zero-order valence-electron chi connectivity index (χ0n) is 8.06. The lowest BCUT2D eigenvalue weighted by Gasteiger charge is -2.07. The van der Waals surface area contributed by atoms with Crippen molar-refractivity contribution in [3.8, 4) is 0 Å². The maximum atomic E-state index is 8.60. The molecule has 1 unspecified atom stereocenters. The lowest BCUT2D eigenvalue weighted by atomic mass is 10.1. The van der Waals surface area contributed by atoms with Gasteiger partial charge in [0.15, 0.2) is 0 Å². The first-order valence-corrected chi connectivity index (χ1v) is 5.97. The van der Waals surface area contributed by atoms with Crippen LogP contribution in [0.25, 0.3) is 0 Å². The number of unbranched alkanes of at least 4 members (excludes halogenated alkanes) is 3. The minimum Gasteiger partial charge on any atom is -0.396 e. The monoisotopic (exact) mass is 236 g/mol. The highest BCUT2D eigenvalue weighted by Gasteiger charge is 2.02. The maximum absolute atomic E-state index is 8.60. The van der Waals surface area contributed by atoms with Crippen molar-refractivity contribution in [1.82, 2.24) is 0 Å². The topological polar surface area (TPSA) is 20.2 Å². The van der Waals surface area contributed by atoms with Gasteiger partial charge in [-0.15, -0.1) is 0 Å². The first kappa shape index (κ1) is 12.4. The molecular formula is C10H21BrO. The van der Waals surface area contributed by atoms with Gasteiger partial charge in [0, 0.05) is 11.4 Å². The first-order chi connectivity index (χ1) is 5.81. The van der Waals surface area contributed by atoms with Crippen molar-refractivity contribution >= 4 is 15.9 Å². The van der Waals surface area contributed by atoms with Crippen LogP contribution in [0.3, 0.4) is 0 Å². The fraction of sp³-hybridized carbons (Fsp3) is 1.00. The first-order valence-electron chi connectivity index (χ1n) is 5.06. The predicted molar refractivity (Wildman–Crippen MR) is 57.8 cm³/mol. The molecule has 0 aliphatic carbocycles. The van der Waals surface area contributed by atoms with Crippen LogP contribution in [0.2, 0.25) is 0 Å². The van der Waals surface area contributed by atoms with Crippen molar-refractivity contribution in [2.24, 2.45) is 0 Å². The summed E-state index contributed by atoms with van der Waals surface area (Å²) in [7, 11) is 0. The van der Waals surface area contributed by atoms with Gasteiger partial charge in [-0.3, -0.25) is 0 Å². The Kier molecular flexibility index (Phi) is 9.88. The molecule has 0 radical (unpaired) electrons. The number of aliphatic hydroxyl groups excluding tert-OH is 1. The average Bonchev–Trinajstić information content (AvgIpc) is 2.09. The van der Waals surface area contributed by atoms with Crippen molar-refractivity contribution in [3.05, 3.63) is 0 Å². The Balaban J connectivity index is 3.02. The van der Waals surface area contributed by atoms with Gasteiger partial charge in [-0.1, -0.05) is 48.5 Å². The highest BCUT2D eigenvalue weighted by atomic mass is 79.9. The molecule has 0 fully saturated rings. The molecule has 74 valence electrons. The van der Waals surface area contributed by atoms with Gasteiger partial charge in [-0.25, -0.2) is 0 Å². The van der Waals surface area contributed by atoms with Crippen molar-refractivity contribution < 1.29 is 5.11 Å². The smallest absolute Gasteiger partial charge is 0.0431 e. The molecule has 2 heteroatoms. The SMILES string of the molecule is CCCCCCC(Br)CCCO. The Morgan fingerprint density at radius 1 is 1.08 bits per heavy atom. The fourth-order valence-corrected chi connectivity index (χ4v) is 1.90. The summed E-state index contributed by atoms with van der Waals surface area (Å²) < 4.78 is 0. The Labute approximate surface area is 84.7 Å². The number of rotatable bonds is 8. The van der Waals surface area contributed by atoms with E-state index in [0.717, 1.165) is 12.8 Å². The minimum absolute atomic E-state index is 0.330. The highest BCUT2D eigenvalue weighted by molar-refractivity contribution is 9.09. The number of hydrogen-bond acceptors (Lipinski definition) is 1. The summed E-state index contributed by atoms with van der Waals surface area (Å²) in [5.74, 6) is 0. The molecule has 0 aromatic carbocycles. The van der Waals surface area contributed by atoms with E-state index in [1.54, 1.807) is 0 Å². The van der Waals surface area contributed by atoms with Crippen molar-refractivity contribution in [2.75, 3.05) is 6.61 Å². The minimum atomic E-state index is 0.330. The molecule has 0 saturated carbocycles. The molecule has 0 spiro atoms. The van der Waals surface area contributed by atoms with Crippen LogP contribution in [-0.2, 0) is 0 Å². The number of halogens is 1. The van der Waals surface area contributed by atoms with E-state index in [4.69, 9.17) is 5.11 Å². The third-order valence-corrected chi connectivity index (χ3v) is 2.96. The Hall–Kier alpha value is 0.440. The number of alkyl halides is 1. The van der Waals surface area contributed by atoms with E-state index in [1.165, 1.54) is 32.1 Å². The van der Waals surface area contributed by atoms with Gasteiger partial charge in [-0.2, -0.15) is 0 Å². The summed E-state index contributed by atoms with van der Waals surface area (Å²) >= 11 is 3.62. The molecule has 12 heavy (non-hydrogen) atoms. The Morgan fingerprint density at radius 3 is 2.33 bits per heavy atom. The third kappa shape index (κ3) is 8.54. The lowest BCUT2D eigenvalue weighted by molar-refractivity contribution is 0.283. The molecule has 0 aliphatic rings. The molecule has 0 heterocycles. The Bertz CT molecular complexity index is 85.9. The molecule has 0 rings (SSSR count). The largest absolute Gasteiger partial charge is 0.396 e. The van der Waals surface area contributed by atoms with Crippen LogP contribution < -0.4 is 0 Å². The molecule has 0 saturated heterocycles. The summed E-state index contributed by atoms with van der Waals surface area (Å²) in [5, 5.41) is 8.60. The molecule has 0 aromatic rings. The van der Waals surface area contributed by atoms with Gasteiger partial charge >= 0.3 is 0 Å². The molecule has 1 atom stereocenters. The van der Waals surface area contributed by atoms with Crippen LogP contribution in [-0.4, -0.2) is 16.5 Å². The zero-order valence-corrected chi connectivity index (χ0v) is 9.65. The van der Waals surface area contributed by atoms with Crippen molar-refractivity contribution in [1.29, 1.82) is 0 Å². The highest BCUT2D eigenvalue weighted by Crippen LogP contribution is 2.16. The summed E-state index contributed by atoms with van der Waals surface area (Å²) in [5.41, 5.74) is 0. The number of hydrogen-bond donors (Lipinski definition) is 1. The van der Waals surface area contributed by atoms with E-state index in [1.807, 2.05) is 0 Å². The lowest BCUT2D eigenvalue weighted by Crippen LogP contribution is -1.99. The molecule has 0 amide bonds. The molecular weight excluding hydrogens is 216 g/mol. The van der Waals surface area contributed by atoms with Crippen LogP contribution >= 0.6 is 15.9 Å². The van der Waals surface area contributed by atoms with Crippen LogP contribution in [0.5, 0.6) is 0 Å². The second kappa shape index (κ2) is 9.53. The molecule has 0 aliphatic heterocycles. The van der Waals surface area contributed by atoms with E-state index >= 15 is 0 Å². The van der Waals surface area contributed by atoms with Gasteiger partial charge in [-0.05, 0) is 19.3 Å². The van der Waals surface area contributed by atoms with Crippen LogP contribution in [0, 0.1) is 0 Å². The van der Waals surface area contributed by atoms with Crippen LogP contribution in [0.15, 0.2) is 0 Å². The van der Waals surface area contributed by atoms with Gasteiger partial charge in [0.2, 0.25) is 0 Å². The maximum Gasteiger partial charge on any atom is 0.0431 e. The van der Waals surface area contributed by atoms with E-state index in [9.17, 15) is 0 Å². The summed E-state index contributed by atoms with van der Waals surface area (Å²) in [6, 6.07) is 0. The second-order valence-corrected chi connectivity index (χ2v) is 4.61. The van der Waals surface area contributed by atoms with E-state index < -0.39 is 0 Å². The van der Waals surface area contributed by atoms with Crippen LogP contribution in [0.1, 0.15) is 51.9 Å². The molecule has 0 aromatic heterocycles. The van der Waals surface area contributed by atoms with E-state index in [2.05, 4.69) is 22.9 Å².